The molecule has 114 valence electrons. The minimum atomic E-state index is -0.213. The highest BCUT2D eigenvalue weighted by Crippen LogP contribution is 2.18. The second-order valence-corrected chi connectivity index (χ2v) is 6.40. The van der Waals surface area contributed by atoms with Gasteiger partial charge in [-0.25, -0.2) is 9.37 Å². The van der Waals surface area contributed by atoms with Gasteiger partial charge in [-0.05, 0) is 43.1 Å². The Kier molecular flexibility index (Phi) is 5.70. The summed E-state index contributed by atoms with van der Waals surface area (Å²) in [5.74, 6) is 1.09. The summed E-state index contributed by atoms with van der Waals surface area (Å²) >= 11 is 1.63. The second-order valence-electron chi connectivity index (χ2n) is 5.46. The summed E-state index contributed by atoms with van der Waals surface area (Å²) in [5, 5.41) is 6.43. The van der Waals surface area contributed by atoms with E-state index in [0.29, 0.717) is 23.8 Å². The van der Waals surface area contributed by atoms with Crippen molar-refractivity contribution >= 4 is 11.3 Å². The summed E-state index contributed by atoms with van der Waals surface area (Å²) in [6, 6.07) is 4.76. The maximum Gasteiger partial charge on any atom is 0.131 e. The number of nitrogens with one attached hydrogen (secondary N) is 1. The number of nitrogens with zero attached hydrogens (tertiary/aromatic N) is 1. The Hall–Kier alpha value is -1.46. The molecule has 0 fully saturated rings. The summed E-state index contributed by atoms with van der Waals surface area (Å²) in [4.78, 5) is 4.52. The van der Waals surface area contributed by atoms with E-state index in [-0.39, 0.29) is 5.82 Å². The van der Waals surface area contributed by atoms with Crippen LogP contribution in [0.3, 0.4) is 0 Å². The molecular weight excluding hydrogens is 287 g/mol. The molecule has 2 aromatic rings. The fourth-order valence-electron chi connectivity index (χ4n) is 1.83. The van der Waals surface area contributed by atoms with Gasteiger partial charge < -0.3 is 10.1 Å². The zero-order chi connectivity index (χ0) is 15.2. The molecule has 1 N–H and O–H groups in total. The zero-order valence-corrected chi connectivity index (χ0v) is 13.5. The zero-order valence-electron chi connectivity index (χ0n) is 12.6. The van der Waals surface area contributed by atoms with Gasteiger partial charge in [-0.15, -0.1) is 11.3 Å². The van der Waals surface area contributed by atoms with Gasteiger partial charge in [-0.1, -0.05) is 13.8 Å². The maximum absolute atomic E-state index is 13.2. The first-order valence-corrected chi connectivity index (χ1v) is 7.95. The molecule has 21 heavy (non-hydrogen) atoms. The van der Waals surface area contributed by atoms with E-state index in [1.807, 2.05) is 5.38 Å². The molecule has 1 aromatic heterocycles. The molecule has 0 radical (unpaired) electrons. The Balaban J connectivity index is 1.83. The van der Waals surface area contributed by atoms with Crippen LogP contribution in [0.2, 0.25) is 0 Å². The van der Waals surface area contributed by atoms with E-state index in [2.05, 4.69) is 24.1 Å². The van der Waals surface area contributed by atoms with E-state index >= 15 is 0 Å². The van der Waals surface area contributed by atoms with Crippen molar-refractivity contribution in [2.75, 3.05) is 6.54 Å². The number of aromatic nitrogens is 1. The average molecular weight is 308 g/mol. The third-order valence-corrected chi connectivity index (χ3v) is 3.84. The SMILES string of the molecule is Cc1cc(OCc2csc(CNCC(C)C)n2)ccc1F. The Morgan fingerprint density at radius 2 is 2.19 bits per heavy atom. The van der Waals surface area contributed by atoms with Crippen molar-refractivity contribution < 1.29 is 9.13 Å². The first-order valence-electron chi connectivity index (χ1n) is 7.07. The van der Waals surface area contributed by atoms with Crippen molar-refractivity contribution in [1.82, 2.24) is 10.3 Å². The van der Waals surface area contributed by atoms with Gasteiger partial charge in [0.15, 0.2) is 0 Å². The van der Waals surface area contributed by atoms with Crippen LogP contribution in [0, 0.1) is 18.7 Å². The molecular formula is C16H21FN2OS. The highest BCUT2D eigenvalue weighted by atomic mass is 32.1. The number of thiazole rings is 1. The number of benzene rings is 1. The topological polar surface area (TPSA) is 34.1 Å². The van der Waals surface area contributed by atoms with E-state index in [9.17, 15) is 4.39 Å². The first-order chi connectivity index (χ1) is 10.0. The maximum atomic E-state index is 13.2. The van der Waals surface area contributed by atoms with Crippen molar-refractivity contribution in [3.05, 3.63) is 45.7 Å². The largest absolute Gasteiger partial charge is 0.487 e. The van der Waals surface area contributed by atoms with Gasteiger partial charge in [0.1, 0.15) is 23.2 Å². The summed E-state index contributed by atoms with van der Waals surface area (Å²) < 4.78 is 18.8. The van der Waals surface area contributed by atoms with Crippen molar-refractivity contribution in [1.29, 1.82) is 0 Å². The van der Waals surface area contributed by atoms with Crippen LogP contribution in [-0.2, 0) is 13.2 Å². The van der Waals surface area contributed by atoms with Crippen LogP contribution in [0.15, 0.2) is 23.6 Å². The molecule has 0 unspecified atom stereocenters. The normalized spacial score (nSPS) is 11.1. The predicted molar refractivity (Wildman–Crippen MR) is 84.1 cm³/mol. The van der Waals surface area contributed by atoms with Gasteiger partial charge in [0, 0.05) is 11.9 Å². The van der Waals surface area contributed by atoms with Crippen molar-refractivity contribution in [3.8, 4) is 5.75 Å². The van der Waals surface area contributed by atoms with Crippen LogP contribution in [0.25, 0.3) is 0 Å². The van der Waals surface area contributed by atoms with Crippen molar-refractivity contribution in [2.45, 2.75) is 33.9 Å². The lowest BCUT2D eigenvalue weighted by Gasteiger charge is -2.06. The molecule has 0 aliphatic rings. The van der Waals surface area contributed by atoms with Crippen molar-refractivity contribution in [2.24, 2.45) is 5.92 Å². The Bertz CT molecular complexity index is 583. The molecule has 5 heteroatoms. The van der Waals surface area contributed by atoms with Gasteiger partial charge in [-0.2, -0.15) is 0 Å². The summed E-state index contributed by atoms with van der Waals surface area (Å²) in [7, 11) is 0. The van der Waals surface area contributed by atoms with E-state index in [1.54, 1.807) is 30.4 Å². The highest BCUT2D eigenvalue weighted by molar-refractivity contribution is 7.09. The fraction of sp³-hybridized carbons (Fsp3) is 0.438. The summed E-state index contributed by atoms with van der Waals surface area (Å²) in [6.45, 7) is 8.27. The molecule has 1 aromatic carbocycles. The number of rotatable bonds is 7. The smallest absolute Gasteiger partial charge is 0.131 e. The fourth-order valence-corrected chi connectivity index (χ4v) is 2.58. The van der Waals surface area contributed by atoms with Crippen LogP contribution < -0.4 is 10.1 Å². The van der Waals surface area contributed by atoms with Crippen molar-refractivity contribution in [3.63, 3.8) is 0 Å². The van der Waals surface area contributed by atoms with E-state index in [4.69, 9.17) is 4.74 Å². The Labute approximate surface area is 129 Å². The van der Waals surface area contributed by atoms with Gasteiger partial charge >= 0.3 is 0 Å². The minimum absolute atomic E-state index is 0.213. The quantitative estimate of drug-likeness (QED) is 0.842. The van der Waals surface area contributed by atoms with E-state index in [0.717, 1.165) is 23.8 Å². The standard InChI is InChI=1S/C16H21FN2OS/c1-11(2)7-18-8-16-19-13(10-21-16)9-20-14-4-5-15(17)12(3)6-14/h4-6,10-11,18H,7-9H2,1-3H3. The number of ether oxygens (including phenoxy) is 1. The van der Waals surface area contributed by atoms with E-state index in [1.165, 1.54) is 6.07 Å². The number of halogens is 1. The Morgan fingerprint density at radius 1 is 1.38 bits per heavy atom. The van der Waals surface area contributed by atoms with Gasteiger partial charge in [0.25, 0.3) is 0 Å². The molecule has 0 spiro atoms. The molecule has 0 aliphatic carbocycles. The van der Waals surface area contributed by atoms with Gasteiger partial charge in [-0.3, -0.25) is 0 Å². The molecule has 2 rings (SSSR count). The molecule has 3 nitrogen and oxygen atoms in total. The molecule has 1 heterocycles. The second kappa shape index (κ2) is 7.52. The van der Waals surface area contributed by atoms with E-state index < -0.39 is 0 Å². The van der Waals surface area contributed by atoms with Crippen LogP contribution in [-0.4, -0.2) is 11.5 Å². The number of hydrogen-bond acceptors (Lipinski definition) is 4. The predicted octanol–water partition coefficient (Wildman–Crippen LogP) is 3.92. The van der Waals surface area contributed by atoms with Crippen LogP contribution in [0.4, 0.5) is 4.39 Å². The van der Waals surface area contributed by atoms with Gasteiger partial charge in [0.05, 0.1) is 5.69 Å². The molecule has 0 aliphatic heterocycles. The van der Waals surface area contributed by atoms with Crippen LogP contribution >= 0.6 is 11.3 Å². The Morgan fingerprint density at radius 3 is 2.90 bits per heavy atom. The lowest BCUT2D eigenvalue weighted by Crippen LogP contribution is -2.18. The third kappa shape index (κ3) is 5.10. The summed E-state index contributed by atoms with van der Waals surface area (Å²) in [6.07, 6.45) is 0. The van der Waals surface area contributed by atoms with Crippen LogP contribution in [0.1, 0.15) is 30.1 Å². The van der Waals surface area contributed by atoms with Gasteiger partial charge in [0.2, 0.25) is 0 Å². The van der Waals surface area contributed by atoms with Crippen LogP contribution in [0.5, 0.6) is 5.75 Å². The minimum Gasteiger partial charge on any atom is -0.487 e. The third-order valence-electron chi connectivity index (χ3n) is 2.94. The molecule has 0 saturated carbocycles. The average Bonchev–Trinajstić information content (AvgIpc) is 2.88. The molecule has 0 bridgehead atoms. The highest BCUT2D eigenvalue weighted by Gasteiger charge is 2.05. The number of aryl methyl sites for hydroxylation is 1. The first kappa shape index (κ1) is 15.9. The molecule has 0 amide bonds. The molecule has 0 atom stereocenters. The lowest BCUT2D eigenvalue weighted by molar-refractivity contribution is 0.301. The lowest BCUT2D eigenvalue weighted by atomic mass is 10.2. The number of hydrogen-bond donors (Lipinski definition) is 1. The molecule has 0 saturated heterocycles. The summed E-state index contributed by atoms with van der Waals surface area (Å²) in [5.41, 5.74) is 1.49. The monoisotopic (exact) mass is 308 g/mol.